The van der Waals surface area contributed by atoms with E-state index in [1.807, 2.05) is 50.5 Å². The van der Waals surface area contributed by atoms with Crippen molar-refractivity contribution in [3.63, 3.8) is 0 Å². The minimum absolute atomic E-state index is 0.260. The normalized spacial score (nSPS) is 11.1. The molecule has 5 nitrogen and oxygen atoms in total. The third kappa shape index (κ3) is 3.40. The fourth-order valence-electron chi connectivity index (χ4n) is 2.41. The van der Waals surface area contributed by atoms with E-state index in [2.05, 4.69) is 15.0 Å². The molecule has 0 radical (unpaired) electrons. The molecule has 0 saturated carbocycles. The molecule has 2 aromatic carbocycles. The molecule has 0 amide bonds. The van der Waals surface area contributed by atoms with Crippen LogP contribution >= 0.6 is 0 Å². The van der Waals surface area contributed by atoms with Crippen LogP contribution in [0.4, 0.5) is 0 Å². The Hall–Kier alpha value is -2.66. The molecule has 0 aliphatic rings. The molecule has 23 heavy (non-hydrogen) atoms. The van der Waals surface area contributed by atoms with Crippen molar-refractivity contribution in [1.82, 2.24) is 15.0 Å². The van der Waals surface area contributed by atoms with Crippen molar-refractivity contribution in [2.75, 3.05) is 20.6 Å². The molecule has 0 saturated heterocycles. The van der Waals surface area contributed by atoms with Gasteiger partial charge in [-0.3, -0.25) is 0 Å². The van der Waals surface area contributed by atoms with Crippen molar-refractivity contribution in [1.29, 1.82) is 0 Å². The van der Waals surface area contributed by atoms with E-state index < -0.39 is 0 Å². The van der Waals surface area contributed by atoms with E-state index >= 15 is 0 Å². The first-order chi connectivity index (χ1) is 11.1. The van der Waals surface area contributed by atoms with E-state index in [9.17, 15) is 5.11 Å². The molecule has 1 N–H and O–H groups in total. The predicted molar refractivity (Wildman–Crippen MR) is 89.1 cm³/mol. The van der Waals surface area contributed by atoms with Crippen molar-refractivity contribution in [2.45, 2.75) is 6.42 Å². The minimum Gasteiger partial charge on any atom is -0.508 e. The lowest BCUT2D eigenvalue weighted by Gasteiger charge is -2.12. The highest BCUT2D eigenvalue weighted by Crippen LogP contribution is 2.30. The summed E-state index contributed by atoms with van der Waals surface area (Å²) in [5.74, 6) is 1.23. The van der Waals surface area contributed by atoms with E-state index in [0.29, 0.717) is 18.1 Å². The number of rotatable bonds is 5. The van der Waals surface area contributed by atoms with Gasteiger partial charge in [0.05, 0.1) is 0 Å². The summed E-state index contributed by atoms with van der Waals surface area (Å²) in [6.45, 7) is 0.827. The number of phenols is 1. The summed E-state index contributed by atoms with van der Waals surface area (Å²) in [7, 11) is 4.00. The molecular weight excluding hydrogens is 290 g/mol. The van der Waals surface area contributed by atoms with Crippen molar-refractivity contribution >= 4 is 0 Å². The summed E-state index contributed by atoms with van der Waals surface area (Å²) < 4.78 is 5.37. The van der Waals surface area contributed by atoms with E-state index in [4.69, 9.17) is 4.52 Å². The molecule has 0 aliphatic carbocycles. The second kappa shape index (κ2) is 6.62. The van der Waals surface area contributed by atoms with Gasteiger partial charge in [0.15, 0.2) is 0 Å². The molecular formula is C18H19N3O2. The first kappa shape index (κ1) is 15.2. The Morgan fingerprint density at radius 2 is 1.83 bits per heavy atom. The fraction of sp³-hybridized carbons (Fsp3) is 0.222. The molecule has 5 heteroatoms. The van der Waals surface area contributed by atoms with Crippen molar-refractivity contribution < 1.29 is 9.63 Å². The lowest BCUT2D eigenvalue weighted by Crippen LogP contribution is -2.15. The molecule has 0 spiro atoms. The van der Waals surface area contributed by atoms with Crippen LogP contribution in [0, 0.1) is 0 Å². The molecule has 3 aromatic rings. The molecule has 1 heterocycles. The van der Waals surface area contributed by atoms with Crippen LogP contribution in [-0.2, 0) is 6.42 Å². The Morgan fingerprint density at radius 3 is 2.57 bits per heavy atom. The summed E-state index contributed by atoms with van der Waals surface area (Å²) in [5, 5.41) is 14.3. The molecule has 0 aliphatic heterocycles. The quantitative estimate of drug-likeness (QED) is 0.784. The van der Waals surface area contributed by atoms with Crippen LogP contribution in [-0.4, -0.2) is 40.8 Å². The van der Waals surface area contributed by atoms with Gasteiger partial charge in [-0.15, -0.1) is 0 Å². The number of phenolic OH excluding ortho intramolecular Hbond substituents is 1. The second-order valence-corrected chi connectivity index (χ2v) is 5.65. The summed E-state index contributed by atoms with van der Waals surface area (Å²) >= 11 is 0. The molecule has 0 bridgehead atoms. The Kier molecular flexibility index (Phi) is 4.39. The average molecular weight is 309 g/mol. The van der Waals surface area contributed by atoms with Crippen LogP contribution < -0.4 is 0 Å². The van der Waals surface area contributed by atoms with Crippen LogP contribution in [0.15, 0.2) is 53.1 Å². The molecule has 3 rings (SSSR count). The Balaban J connectivity index is 1.96. The van der Waals surface area contributed by atoms with Gasteiger partial charge >= 0.3 is 0 Å². The van der Waals surface area contributed by atoms with Crippen LogP contribution in [0.25, 0.3) is 22.8 Å². The number of hydrogen-bond donors (Lipinski definition) is 1. The van der Waals surface area contributed by atoms with Crippen LogP contribution in [0.5, 0.6) is 5.75 Å². The van der Waals surface area contributed by atoms with Crippen molar-refractivity contribution in [2.24, 2.45) is 0 Å². The third-order valence-electron chi connectivity index (χ3n) is 3.65. The topological polar surface area (TPSA) is 62.4 Å². The Morgan fingerprint density at radius 1 is 1.04 bits per heavy atom. The van der Waals surface area contributed by atoms with Gasteiger partial charge in [-0.1, -0.05) is 35.5 Å². The average Bonchev–Trinajstić information content (AvgIpc) is 3.04. The largest absolute Gasteiger partial charge is 0.508 e. The summed E-state index contributed by atoms with van der Waals surface area (Å²) in [5.41, 5.74) is 2.51. The zero-order chi connectivity index (χ0) is 16.2. The predicted octanol–water partition coefficient (Wildman–Crippen LogP) is 3.21. The van der Waals surface area contributed by atoms with Gasteiger partial charge in [0.25, 0.3) is 5.89 Å². The monoisotopic (exact) mass is 309 g/mol. The maximum absolute atomic E-state index is 10.2. The van der Waals surface area contributed by atoms with E-state index in [1.165, 1.54) is 0 Å². The lowest BCUT2D eigenvalue weighted by atomic mass is 10.0. The molecule has 0 fully saturated rings. The SMILES string of the molecule is CN(C)CCc1c(O)cccc1-c1noc(-c2ccccc2)n1. The Labute approximate surface area is 135 Å². The van der Waals surface area contributed by atoms with E-state index in [-0.39, 0.29) is 5.75 Å². The molecule has 0 unspecified atom stereocenters. The molecule has 118 valence electrons. The number of aromatic hydroxyl groups is 1. The smallest absolute Gasteiger partial charge is 0.258 e. The van der Waals surface area contributed by atoms with Crippen molar-refractivity contribution in [3.8, 4) is 28.6 Å². The van der Waals surface area contributed by atoms with Gasteiger partial charge in [0, 0.05) is 23.2 Å². The fourth-order valence-corrected chi connectivity index (χ4v) is 2.41. The maximum Gasteiger partial charge on any atom is 0.258 e. The number of hydrogen-bond acceptors (Lipinski definition) is 5. The van der Waals surface area contributed by atoms with Crippen molar-refractivity contribution in [3.05, 3.63) is 54.1 Å². The zero-order valence-electron chi connectivity index (χ0n) is 13.2. The van der Waals surface area contributed by atoms with Gasteiger partial charge in [0.2, 0.25) is 5.82 Å². The maximum atomic E-state index is 10.2. The number of likely N-dealkylation sites (N-methyl/N-ethyl adjacent to an activating group) is 1. The van der Waals surface area contributed by atoms with Crippen LogP contribution in [0.2, 0.25) is 0 Å². The third-order valence-corrected chi connectivity index (χ3v) is 3.65. The van der Waals surface area contributed by atoms with Gasteiger partial charge < -0.3 is 14.5 Å². The summed E-state index contributed by atoms with van der Waals surface area (Å²) in [6, 6.07) is 15.0. The lowest BCUT2D eigenvalue weighted by molar-refractivity contribution is 0.406. The molecule has 1 aromatic heterocycles. The second-order valence-electron chi connectivity index (χ2n) is 5.65. The van der Waals surface area contributed by atoms with Crippen LogP contribution in [0.3, 0.4) is 0 Å². The number of benzene rings is 2. The van der Waals surface area contributed by atoms with Gasteiger partial charge in [-0.25, -0.2) is 0 Å². The zero-order valence-corrected chi connectivity index (χ0v) is 13.2. The van der Waals surface area contributed by atoms with Crippen LogP contribution in [0.1, 0.15) is 5.56 Å². The highest BCUT2D eigenvalue weighted by atomic mass is 16.5. The van der Waals surface area contributed by atoms with E-state index in [0.717, 1.165) is 23.2 Å². The van der Waals surface area contributed by atoms with Gasteiger partial charge in [-0.05, 0) is 38.7 Å². The summed E-state index contributed by atoms with van der Waals surface area (Å²) in [4.78, 5) is 6.55. The number of aromatic nitrogens is 2. The highest BCUT2D eigenvalue weighted by molar-refractivity contribution is 5.65. The van der Waals surface area contributed by atoms with E-state index in [1.54, 1.807) is 12.1 Å². The minimum atomic E-state index is 0.260. The Bertz CT molecular complexity index is 782. The van der Waals surface area contributed by atoms with Gasteiger partial charge in [-0.2, -0.15) is 4.98 Å². The summed E-state index contributed by atoms with van der Waals surface area (Å²) in [6.07, 6.45) is 0.713. The standard InChI is InChI=1S/C18H19N3O2/c1-21(2)12-11-14-15(9-6-10-16(14)22)17-19-18(23-20-17)13-7-4-3-5-8-13/h3-10,22H,11-12H2,1-2H3. The first-order valence-electron chi connectivity index (χ1n) is 7.50. The first-order valence-corrected chi connectivity index (χ1v) is 7.50. The number of nitrogens with zero attached hydrogens (tertiary/aromatic N) is 3. The van der Waals surface area contributed by atoms with Gasteiger partial charge in [0.1, 0.15) is 5.75 Å². The molecule has 0 atom stereocenters. The highest BCUT2D eigenvalue weighted by Gasteiger charge is 2.16.